The van der Waals surface area contributed by atoms with E-state index in [-0.39, 0.29) is 5.91 Å². The molecule has 0 saturated carbocycles. The third-order valence-electron chi connectivity index (χ3n) is 5.70. The molecule has 6 heteroatoms. The van der Waals surface area contributed by atoms with Crippen LogP contribution in [0.25, 0.3) is 0 Å². The number of halogens is 2. The van der Waals surface area contributed by atoms with Gasteiger partial charge in [0.25, 0.3) is 5.91 Å². The molecule has 2 aliphatic heterocycles. The lowest BCUT2D eigenvalue weighted by Gasteiger charge is -2.34. The number of aromatic nitrogens is 1. The normalized spacial score (nSPS) is 17.7. The first-order valence-corrected chi connectivity index (χ1v) is 9.93. The molecule has 138 valence electrons. The van der Waals surface area contributed by atoms with Crippen LogP contribution in [-0.4, -0.2) is 41.6 Å². The van der Waals surface area contributed by atoms with Crippen molar-refractivity contribution in [2.24, 2.45) is 13.0 Å². The van der Waals surface area contributed by atoms with E-state index in [0.717, 1.165) is 45.4 Å². The SMILES string of the molecule is Cn1c(C(=O)N2CCC(CN3CCc4ccccc43)CC2)cc(Cl)c1Cl. The Morgan fingerprint density at radius 1 is 1.15 bits per heavy atom. The lowest BCUT2D eigenvalue weighted by atomic mass is 9.96. The van der Waals surface area contributed by atoms with Gasteiger partial charge in [0.1, 0.15) is 10.8 Å². The van der Waals surface area contributed by atoms with Crippen molar-refractivity contribution >= 4 is 34.8 Å². The lowest BCUT2D eigenvalue weighted by Crippen LogP contribution is -2.42. The molecule has 26 heavy (non-hydrogen) atoms. The van der Waals surface area contributed by atoms with Crippen molar-refractivity contribution in [1.82, 2.24) is 9.47 Å². The van der Waals surface area contributed by atoms with Crippen LogP contribution in [0.4, 0.5) is 5.69 Å². The number of carbonyl (C=O) groups excluding carboxylic acids is 1. The summed E-state index contributed by atoms with van der Waals surface area (Å²) < 4.78 is 1.67. The molecule has 0 bridgehead atoms. The Morgan fingerprint density at radius 2 is 1.88 bits per heavy atom. The molecule has 0 unspecified atom stereocenters. The molecule has 0 spiro atoms. The Balaban J connectivity index is 1.36. The van der Waals surface area contributed by atoms with Crippen molar-refractivity contribution in [2.75, 3.05) is 31.1 Å². The maximum atomic E-state index is 12.8. The van der Waals surface area contributed by atoms with Crippen LogP contribution >= 0.6 is 23.2 Å². The second-order valence-electron chi connectivity index (χ2n) is 7.29. The van der Waals surface area contributed by atoms with Crippen LogP contribution in [0.5, 0.6) is 0 Å². The molecule has 1 saturated heterocycles. The number of anilines is 1. The predicted octanol–water partition coefficient (Wildman–Crippen LogP) is 4.25. The molecule has 1 aromatic carbocycles. The van der Waals surface area contributed by atoms with Crippen molar-refractivity contribution in [1.29, 1.82) is 0 Å². The lowest BCUT2D eigenvalue weighted by molar-refractivity contribution is 0.0683. The summed E-state index contributed by atoms with van der Waals surface area (Å²) in [6.07, 6.45) is 3.22. The fraction of sp³-hybridized carbons (Fsp3) is 0.450. The number of benzene rings is 1. The first kappa shape index (κ1) is 17.7. The summed E-state index contributed by atoms with van der Waals surface area (Å²) in [5.74, 6) is 0.650. The van der Waals surface area contributed by atoms with Crippen molar-refractivity contribution < 1.29 is 4.79 Å². The molecule has 3 heterocycles. The highest BCUT2D eigenvalue weighted by Crippen LogP contribution is 2.31. The first-order chi connectivity index (χ1) is 12.5. The average molecular weight is 392 g/mol. The Labute approximate surface area is 164 Å². The third kappa shape index (κ3) is 3.21. The maximum Gasteiger partial charge on any atom is 0.270 e. The summed E-state index contributed by atoms with van der Waals surface area (Å²) in [5, 5.41) is 0.845. The highest BCUT2D eigenvalue weighted by atomic mass is 35.5. The van der Waals surface area contributed by atoms with Crippen LogP contribution in [-0.2, 0) is 13.5 Å². The van der Waals surface area contributed by atoms with E-state index in [9.17, 15) is 4.79 Å². The van der Waals surface area contributed by atoms with Gasteiger partial charge in [0.2, 0.25) is 0 Å². The van der Waals surface area contributed by atoms with E-state index in [2.05, 4.69) is 29.2 Å². The van der Waals surface area contributed by atoms with Crippen molar-refractivity contribution in [3.8, 4) is 0 Å². The molecule has 4 nitrogen and oxygen atoms in total. The topological polar surface area (TPSA) is 28.5 Å². The van der Waals surface area contributed by atoms with E-state index in [0.29, 0.717) is 21.8 Å². The van der Waals surface area contributed by atoms with Crippen LogP contribution < -0.4 is 4.90 Å². The zero-order chi connectivity index (χ0) is 18.3. The standard InChI is InChI=1S/C20H23Cl2N3O/c1-23-18(12-16(21)19(23)22)20(26)24-9-6-14(7-10-24)13-25-11-8-15-4-2-3-5-17(15)25/h2-5,12,14H,6-11,13H2,1H3. The second-order valence-corrected chi connectivity index (χ2v) is 8.05. The van der Waals surface area contributed by atoms with E-state index in [1.165, 1.54) is 11.3 Å². The number of hydrogen-bond acceptors (Lipinski definition) is 2. The highest BCUT2D eigenvalue weighted by Gasteiger charge is 2.28. The summed E-state index contributed by atoms with van der Waals surface area (Å²) >= 11 is 12.1. The van der Waals surface area contributed by atoms with Gasteiger partial charge in [-0.2, -0.15) is 0 Å². The predicted molar refractivity (Wildman–Crippen MR) is 106 cm³/mol. The van der Waals surface area contributed by atoms with Gasteiger partial charge in [0.15, 0.2) is 0 Å². The number of piperidine rings is 1. The Bertz CT molecular complexity index is 824. The minimum Gasteiger partial charge on any atom is -0.371 e. The van der Waals surface area contributed by atoms with Crippen molar-refractivity contribution in [3.63, 3.8) is 0 Å². The maximum absolute atomic E-state index is 12.8. The van der Waals surface area contributed by atoms with Crippen molar-refractivity contribution in [2.45, 2.75) is 19.3 Å². The van der Waals surface area contributed by atoms with Gasteiger partial charge in [-0.05, 0) is 42.9 Å². The van der Waals surface area contributed by atoms with Gasteiger partial charge >= 0.3 is 0 Å². The van der Waals surface area contributed by atoms with Gasteiger partial charge in [-0.25, -0.2) is 0 Å². The number of nitrogens with zero attached hydrogens (tertiary/aromatic N) is 3. The zero-order valence-corrected chi connectivity index (χ0v) is 16.4. The summed E-state index contributed by atoms with van der Waals surface area (Å²) in [4.78, 5) is 17.2. The molecular weight excluding hydrogens is 369 g/mol. The van der Waals surface area contributed by atoms with Gasteiger partial charge in [-0.1, -0.05) is 41.4 Å². The highest BCUT2D eigenvalue weighted by molar-refractivity contribution is 6.41. The van der Waals surface area contributed by atoms with Crippen LogP contribution in [0, 0.1) is 5.92 Å². The number of amides is 1. The molecule has 2 aromatic rings. The van der Waals surface area contributed by atoms with Crippen LogP contribution in [0.1, 0.15) is 28.9 Å². The summed E-state index contributed by atoms with van der Waals surface area (Å²) in [6, 6.07) is 10.4. The molecule has 0 atom stereocenters. The van der Waals surface area contributed by atoms with E-state index in [4.69, 9.17) is 23.2 Å². The summed E-state index contributed by atoms with van der Waals surface area (Å²) in [6.45, 7) is 3.78. The quantitative estimate of drug-likeness (QED) is 0.782. The van der Waals surface area contributed by atoms with Gasteiger partial charge in [-0.3, -0.25) is 4.79 Å². The Hall–Kier alpha value is -1.65. The summed E-state index contributed by atoms with van der Waals surface area (Å²) in [7, 11) is 1.78. The third-order valence-corrected chi connectivity index (χ3v) is 6.54. The Morgan fingerprint density at radius 3 is 2.58 bits per heavy atom. The molecule has 0 N–H and O–H groups in total. The molecule has 0 radical (unpaired) electrons. The molecular formula is C20H23Cl2N3O. The minimum atomic E-state index is 0.0197. The number of para-hydroxylation sites is 1. The van der Waals surface area contributed by atoms with Crippen LogP contribution in [0.15, 0.2) is 30.3 Å². The number of rotatable bonds is 3. The fourth-order valence-corrected chi connectivity index (χ4v) is 4.51. The number of likely N-dealkylation sites (tertiary alicyclic amines) is 1. The van der Waals surface area contributed by atoms with E-state index in [1.54, 1.807) is 17.7 Å². The van der Waals surface area contributed by atoms with E-state index in [1.807, 2.05) is 4.90 Å². The van der Waals surface area contributed by atoms with E-state index < -0.39 is 0 Å². The zero-order valence-electron chi connectivity index (χ0n) is 14.9. The fourth-order valence-electron chi connectivity index (χ4n) is 4.14. The largest absolute Gasteiger partial charge is 0.371 e. The van der Waals surface area contributed by atoms with Crippen molar-refractivity contribution in [3.05, 3.63) is 51.8 Å². The van der Waals surface area contributed by atoms with E-state index >= 15 is 0 Å². The first-order valence-electron chi connectivity index (χ1n) is 9.17. The average Bonchev–Trinajstić information content (AvgIpc) is 3.18. The number of carbonyl (C=O) groups is 1. The number of fused-ring (bicyclic) bond motifs is 1. The molecule has 1 aromatic heterocycles. The number of hydrogen-bond donors (Lipinski definition) is 0. The molecule has 0 aliphatic carbocycles. The van der Waals surface area contributed by atoms with Gasteiger partial charge in [0.05, 0.1) is 5.02 Å². The van der Waals surface area contributed by atoms with Crippen LogP contribution in [0.2, 0.25) is 10.2 Å². The molecule has 1 amide bonds. The van der Waals surface area contributed by atoms with Gasteiger partial charge < -0.3 is 14.4 Å². The summed E-state index contributed by atoms with van der Waals surface area (Å²) in [5.41, 5.74) is 3.41. The van der Waals surface area contributed by atoms with Gasteiger partial charge in [0, 0.05) is 38.9 Å². The molecule has 4 rings (SSSR count). The molecule has 2 aliphatic rings. The monoisotopic (exact) mass is 391 g/mol. The molecule has 1 fully saturated rings. The second kappa shape index (κ2) is 7.16. The smallest absolute Gasteiger partial charge is 0.270 e. The van der Waals surface area contributed by atoms with Gasteiger partial charge in [-0.15, -0.1) is 0 Å². The Kier molecular flexibility index (Phi) is 4.89. The van der Waals surface area contributed by atoms with Crippen LogP contribution in [0.3, 0.4) is 0 Å². The minimum absolute atomic E-state index is 0.0197.